The Morgan fingerprint density at radius 3 is 3.00 bits per heavy atom. The molecule has 1 aromatic rings. The van der Waals surface area contributed by atoms with Crippen LogP contribution in [0.5, 0.6) is 0 Å². The molecule has 4 N–H and O–H groups in total. The number of amides is 2. The molecule has 6 nitrogen and oxygen atoms in total. The van der Waals surface area contributed by atoms with Gasteiger partial charge in [0.1, 0.15) is 5.82 Å². The minimum absolute atomic E-state index is 0.0239. The number of carbonyl (C=O) groups excluding carboxylic acids is 2. The molecule has 0 radical (unpaired) electrons. The quantitative estimate of drug-likeness (QED) is 0.751. The Morgan fingerprint density at radius 2 is 2.35 bits per heavy atom. The summed E-state index contributed by atoms with van der Waals surface area (Å²) in [5.74, 6) is 0.226. The molecule has 2 amide bonds. The number of hydrogen-bond acceptors (Lipinski definition) is 4. The highest BCUT2D eigenvalue weighted by atomic mass is 16.2. The summed E-state index contributed by atoms with van der Waals surface area (Å²) in [4.78, 5) is 27.5. The van der Waals surface area contributed by atoms with Gasteiger partial charge in [-0.1, -0.05) is 13.3 Å². The normalized spacial score (nSPS) is 18.4. The summed E-state index contributed by atoms with van der Waals surface area (Å²) in [7, 11) is 0. The molecule has 108 valence electrons. The Kier molecular flexibility index (Phi) is 4.55. The van der Waals surface area contributed by atoms with Crippen molar-refractivity contribution in [1.82, 2.24) is 15.6 Å². The maximum absolute atomic E-state index is 12.2. The van der Waals surface area contributed by atoms with Crippen LogP contribution in [0.3, 0.4) is 0 Å². The number of rotatable bonds is 4. The van der Waals surface area contributed by atoms with Crippen molar-refractivity contribution in [3.8, 4) is 0 Å². The largest absolute Gasteiger partial charge is 0.384 e. The molecule has 1 fully saturated rings. The van der Waals surface area contributed by atoms with Crippen LogP contribution in [0, 0.1) is 0 Å². The van der Waals surface area contributed by atoms with E-state index < -0.39 is 0 Å². The summed E-state index contributed by atoms with van der Waals surface area (Å²) < 4.78 is 0. The number of aryl methyl sites for hydroxylation is 1. The number of pyridine rings is 1. The number of carbonyl (C=O) groups is 2. The SMILES string of the molecule is CCCc1cc(C(=O)NC2CCC(=O)NC2)cc(N)n1. The van der Waals surface area contributed by atoms with Crippen molar-refractivity contribution in [3.63, 3.8) is 0 Å². The van der Waals surface area contributed by atoms with E-state index in [-0.39, 0.29) is 17.9 Å². The number of anilines is 1. The minimum Gasteiger partial charge on any atom is -0.384 e. The third-order valence-electron chi connectivity index (χ3n) is 3.27. The molecule has 1 aliphatic heterocycles. The van der Waals surface area contributed by atoms with Gasteiger partial charge in [0.2, 0.25) is 5.91 Å². The fourth-order valence-electron chi connectivity index (χ4n) is 2.25. The van der Waals surface area contributed by atoms with Gasteiger partial charge in [0.05, 0.1) is 0 Å². The van der Waals surface area contributed by atoms with Crippen molar-refractivity contribution in [1.29, 1.82) is 0 Å². The number of aromatic nitrogens is 1. The molecule has 1 unspecified atom stereocenters. The van der Waals surface area contributed by atoms with Crippen molar-refractivity contribution in [2.45, 2.75) is 38.6 Å². The first kappa shape index (κ1) is 14.3. The average Bonchev–Trinajstić information content (AvgIpc) is 2.41. The van der Waals surface area contributed by atoms with Crippen LogP contribution in [-0.4, -0.2) is 29.4 Å². The lowest BCUT2D eigenvalue weighted by molar-refractivity contribution is -0.122. The summed E-state index contributed by atoms with van der Waals surface area (Å²) in [6.07, 6.45) is 2.86. The molecule has 0 bridgehead atoms. The maximum atomic E-state index is 12.2. The van der Waals surface area contributed by atoms with Crippen LogP contribution in [0.25, 0.3) is 0 Å². The van der Waals surface area contributed by atoms with E-state index in [1.54, 1.807) is 12.1 Å². The van der Waals surface area contributed by atoms with Crippen LogP contribution < -0.4 is 16.4 Å². The number of nitrogen functional groups attached to an aromatic ring is 1. The van der Waals surface area contributed by atoms with E-state index in [4.69, 9.17) is 5.73 Å². The first-order valence-corrected chi connectivity index (χ1v) is 6.92. The Bertz CT molecular complexity index is 506. The zero-order chi connectivity index (χ0) is 14.5. The van der Waals surface area contributed by atoms with Crippen LogP contribution >= 0.6 is 0 Å². The van der Waals surface area contributed by atoms with Crippen LogP contribution in [0.1, 0.15) is 42.2 Å². The van der Waals surface area contributed by atoms with Gasteiger partial charge < -0.3 is 16.4 Å². The lowest BCUT2D eigenvalue weighted by Gasteiger charge is -2.23. The second-order valence-corrected chi connectivity index (χ2v) is 5.04. The summed E-state index contributed by atoms with van der Waals surface area (Å²) in [6.45, 7) is 2.53. The van der Waals surface area contributed by atoms with Crippen LogP contribution in [0.2, 0.25) is 0 Å². The Labute approximate surface area is 118 Å². The number of nitrogens with two attached hydrogens (primary N) is 1. The van der Waals surface area contributed by atoms with Crippen molar-refractivity contribution < 1.29 is 9.59 Å². The molecule has 20 heavy (non-hydrogen) atoms. The second-order valence-electron chi connectivity index (χ2n) is 5.04. The summed E-state index contributed by atoms with van der Waals surface area (Å²) >= 11 is 0. The summed E-state index contributed by atoms with van der Waals surface area (Å²) in [6, 6.07) is 3.33. The Morgan fingerprint density at radius 1 is 1.55 bits per heavy atom. The molecule has 0 aliphatic carbocycles. The predicted molar refractivity (Wildman–Crippen MR) is 76.1 cm³/mol. The zero-order valence-corrected chi connectivity index (χ0v) is 11.6. The lowest BCUT2D eigenvalue weighted by Crippen LogP contribution is -2.47. The number of hydrogen-bond donors (Lipinski definition) is 3. The highest BCUT2D eigenvalue weighted by Gasteiger charge is 2.20. The van der Waals surface area contributed by atoms with E-state index in [9.17, 15) is 9.59 Å². The first-order valence-electron chi connectivity index (χ1n) is 6.92. The van der Waals surface area contributed by atoms with E-state index >= 15 is 0 Å². The van der Waals surface area contributed by atoms with Gasteiger partial charge in [-0.3, -0.25) is 9.59 Å². The summed E-state index contributed by atoms with van der Waals surface area (Å²) in [5.41, 5.74) is 7.08. The average molecular weight is 276 g/mol. The van der Waals surface area contributed by atoms with Gasteiger partial charge in [0.15, 0.2) is 0 Å². The molecular formula is C14H20N4O2. The van der Waals surface area contributed by atoms with Crippen molar-refractivity contribution in [3.05, 3.63) is 23.4 Å². The van der Waals surface area contributed by atoms with Gasteiger partial charge in [-0.05, 0) is 25.0 Å². The minimum atomic E-state index is -0.169. The predicted octanol–water partition coefficient (Wildman–Crippen LogP) is 0.625. The molecule has 1 aromatic heterocycles. The summed E-state index contributed by atoms with van der Waals surface area (Å²) in [5, 5.41) is 5.66. The van der Waals surface area contributed by atoms with Gasteiger partial charge >= 0.3 is 0 Å². The zero-order valence-electron chi connectivity index (χ0n) is 11.6. The van der Waals surface area contributed by atoms with E-state index in [0.717, 1.165) is 18.5 Å². The number of nitrogens with one attached hydrogen (secondary N) is 2. The van der Waals surface area contributed by atoms with Crippen molar-refractivity contribution in [2.24, 2.45) is 0 Å². The standard InChI is InChI=1S/C14H20N4O2/c1-2-3-10-6-9(7-12(15)17-10)14(20)18-11-4-5-13(19)16-8-11/h6-7,11H,2-5,8H2,1H3,(H2,15,17)(H,16,19)(H,18,20). The van der Waals surface area contributed by atoms with Gasteiger partial charge in [-0.2, -0.15) is 0 Å². The highest BCUT2D eigenvalue weighted by molar-refractivity contribution is 5.95. The van der Waals surface area contributed by atoms with Gasteiger partial charge in [0.25, 0.3) is 5.91 Å². The third-order valence-corrected chi connectivity index (χ3v) is 3.27. The fraction of sp³-hybridized carbons (Fsp3) is 0.500. The molecule has 2 rings (SSSR count). The van der Waals surface area contributed by atoms with Gasteiger partial charge in [-0.15, -0.1) is 0 Å². The third kappa shape index (κ3) is 3.69. The van der Waals surface area contributed by atoms with E-state index in [0.29, 0.717) is 30.8 Å². The first-order chi connectivity index (χ1) is 9.58. The molecule has 1 saturated heterocycles. The van der Waals surface area contributed by atoms with Gasteiger partial charge in [0, 0.05) is 30.3 Å². The molecule has 0 aromatic carbocycles. The molecule has 1 aliphatic rings. The van der Waals surface area contributed by atoms with Crippen LogP contribution in [-0.2, 0) is 11.2 Å². The molecule has 2 heterocycles. The monoisotopic (exact) mass is 276 g/mol. The molecule has 1 atom stereocenters. The highest BCUT2D eigenvalue weighted by Crippen LogP contribution is 2.11. The van der Waals surface area contributed by atoms with E-state index in [1.165, 1.54) is 0 Å². The molecular weight excluding hydrogens is 256 g/mol. The number of piperidine rings is 1. The Balaban J connectivity index is 2.03. The Hall–Kier alpha value is -2.11. The topological polar surface area (TPSA) is 97.1 Å². The molecule has 0 saturated carbocycles. The van der Waals surface area contributed by atoms with Gasteiger partial charge in [-0.25, -0.2) is 4.98 Å². The smallest absolute Gasteiger partial charge is 0.251 e. The molecule has 0 spiro atoms. The van der Waals surface area contributed by atoms with Crippen LogP contribution in [0.4, 0.5) is 5.82 Å². The lowest BCUT2D eigenvalue weighted by atomic mass is 10.1. The van der Waals surface area contributed by atoms with Crippen LogP contribution in [0.15, 0.2) is 12.1 Å². The fourth-order valence-corrected chi connectivity index (χ4v) is 2.25. The van der Waals surface area contributed by atoms with Crippen molar-refractivity contribution in [2.75, 3.05) is 12.3 Å². The number of nitrogens with zero attached hydrogens (tertiary/aromatic N) is 1. The second kappa shape index (κ2) is 6.36. The van der Waals surface area contributed by atoms with Crippen molar-refractivity contribution >= 4 is 17.6 Å². The maximum Gasteiger partial charge on any atom is 0.251 e. The van der Waals surface area contributed by atoms with E-state index in [2.05, 4.69) is 22.5 Å². The van der Waals surface area contributed by atoms with E-state index in [1.807, 2.05) is 0 Å². The molecule has 6 heteroatoms.